The van der Waals surface area contributed by atoms with Crippen molar-refractivity contribution in [2.45, 2.75) is 27.3 Å². The molecule has 0 aliphatic carbocycles. The molecule has 0 unspecified atom stereocenters. The van der Waals surface area contributed by atoms with Crippen LogP contribution in [0.1, 0.15) is 33.9 Å². The quantitative estimate of drug-likeness (QED) is 0.492. The molecule has 28 heavy (non-hydrogen) atoms. The number of benzene rings is 2. The molecule has 0 saturated heterocycles. The Labute approximate surface area is 164 Å². The number of fused-ring (bicyclic) bond motifs is 1. The first-order valence-electron chi connectivity index (χ1n) is 9.34. The van der Waals surface area contributed by atoms with Crippen LogP contribution in [0.3, 0.4) is 0 Å². The summed E-state index contributed by atoms with van der Waals surface area (Å²) < 4.78 is 2.28. The summed E-state index contributed by atoms with van der Waals surface area (Å²) in [7, 11) is 0. The number of aromatic nitrogens is 3. The number of aryl methyl sites for hydroxylation is 2. The van der Waals surface area contributed by atoms with E-state index in [1.165, 1.54) is 11.3 Å². The molecule has 0 fully saturated rings. The third-order valence-corrected chi connectivity index (χ3v) is 5.11. The highest BCUT2D eigenvalue weighted by Gasteiger charge is 2.12. The summed E-state index contributed by atoms with van der Waals surface area (Å²) in [5, 5.41) is 9.74. The van der Waals surface area contributed by atoms with Gasteiger partial charge in [-0.3, -0.25) is 0 Å². The lowest BCUT2D eigenvalue weighted by Crippen LogP contribution is -2.03. The first-order chi connectivity index (χ1) is 13.5. The van der Waals surface area contributed by atoms with Gasteiger partial charge in [-0.25, -0.2) is 4.98 Å². The summed E-state index contributed by atoms with van der Waals surface area (Å²) in [4.78, 5) is 7.87. The summed E-state index contributed by atoms with van der Waals surface area (Å²) in [6, 6.07) is 20.9. The number of nitrogens with one attached hydrogen (secondary N) is 1. The van der Waals surface area contributed by atoms with Crippen LogP contribution in [0.25, 0.3) is 22.7 Å². The van der Waals surface area contributed by atoms with Crippen molar-refractivity contribution >= 4 is 22.7 Å². The second kappa shape index (κ2) is 7.21. The molecule has 2 aromatic heterocycles. The van der Waals surface area contributed by atoms with Crippen LogP contribution >= 0.6 is 0 Å². The van der Waals surface area contributed by atoms with Crippen molar-refractivity contribution in [2.75, 3.05) is 0 Å². The predicted octanol–water partition coefficient (Wildman–Crippen LogP) is 5.40. The summed E-state index contributed by atoms with van der Waals surface area (Å²) >= 11 is 0. The zero-order chi connectivity index (χ0) is 19.7. The lowest BCUT2D eigenvalue weighted by molar-refractivity contribution is 0.749. The molecule has 4 aromatic rings. The molecule has 0 aliphatic heterocycles. The first kappa shape index (κ1) is 17.8. The third-order valence-electron chi connectivity index (χ3n) is 5.11. The molecule has 4 rings (SSSR count). The minimum atomic E-state index is 0.536. The van der Waals surface area contributed by atoms with E-state index in [9.17, 15) is 5.26 Å². The number of hydrogen-bond donors (Lipinski definition) is 1. The van der Waals surface area contributed by atoms with Crippen LogP contribution in [-0.2, 0) is 6.54 Å². The van der Waals surface area contributed by atoms with Gasteiger partial charge in [0.25, 0.3) is 0 Å². The predicted molar refractivity (Wildman–Crippen MR) is 114 cm³/mol. The van der Waals surface area contributed by atoms with Gasteiger partial charge in [0.15, 0.2) is 0 Å². The van der Waals surface area contributed by atoms with Gasteiger partial charge >= 0.3 is 0 Å². The minimum absolute atomic E-state index is 0.536. The van der Waals surface area contributed by atoms with Crippen molar-refractivity contribution in [3.63, 3.8) is 0 Å². The fourth-order valence-electron chi connectivity index (χ4n) is 3.54. The van der Waals surface area contributed by atoms with E-state index in [2.05, 4.69) is 64.8 Å². The number of H-pyrrole nitrogens is 1. The average molecular weight is 366 g/mol. The lowest BCUT2D eigenvalue weighted by atomic mass is 10.1. The standard InChI is InChI=1S/C24H22N4/c1-16-9-10-22-23(11-16)27-24(26-22)21(14-25)13-20-12-17(2)28(18(20)3)15-19-7-5-4-6-8-19/h4-13H,15H2,1-3H3,(H,26,27)/b21-13+. The van der Waals surface area contributed by atoms with Gasteiger partial charge in [-0.2, -0.15) is 5.26 Å². The Morgan fingerprint density at radius 1 is 1.11 bits per heavy atom. The molecule has 2 aromatic carbocycles. The molecule has 0 saturated carbocycles. The van der Waals surface area contributed by atoms with Crippen molar-refractivity contribution in [1.82, 2.24) is 14.5 Å². The molecule has 0 atom stereocenters. The monoisotopic (exact) mass is 366 g/mol. The zero-order valence-corrected chi connectivity index (χ0v) is 16.3. The lowest BCUT2D eigenvalue weighted by Gasteiger charge is -2.09. The Morgan fingerprint density at radius 2 is 1.89 bits per heavy atom. The van der Waals surface area contributed by atoms with E-state index in [1.54, 1.807) is 0 Å². The number of aromatic amines is 1. The fraction of sp³-hybridized carbons (Fsp3) is 0.167. The number of allylic oxidation sites excluding steroid dienone is 1. The largest absolute Gasteiger partial charge is 0.344 e. The number of nitrogens with zero attached hydrogens (tertiary/aromatic N) is 3. The van der Waals surface area contributed by atoms with Gasteiger partial charge in [0.2, 0.25) is 0 Å². The summed E-state index contributed by atoms with van der Waals surface area (Å²) in [6.07, 6.45) is 1.92. The number of imidazole rings is 1. The second-order valence-corrected chi connectivity index (χ2v) is 7.17. The van der Waals surface area contributed by atoms with Crippen LogP contribution < -0.4 is 0 Å². The molecule has 0 radical (unpaired) electrons. The molecular weight excluding hydrogens is 344 g/mol. The highest BCUT2D eigenvalue weighted by atomic mass is 15.0. The maximum atomic E-state index is 9.74. The smallest absolute Gasteiger partial charge is 0.149 e. The Hall–Kier alpha value is -3.58. The van der Waals surface area contributed by atoms with E-state index >= 15 is 0 Å². The van der Waals surface area contributed by atoms with E-state index in [0.717, 1.165) is 34.4 Å². The molecule has 138 valence electrons. The van der Waals surface area contributed by atoms with Crippen molar-refractivity contribution in [3.8, 4) is 6.07 Å². The molecule has 0 amide bonds. The average Bonchev–Trinajstić information content (AvgIpc) is 3.22. The molecule has 4 heteroatoms. The Kier molecular flexibility index (Phi) is 4.58. The van der Waals surface area contributed by atoms with Crippen LogP contribution in [0, 0.1) is 32.1 Å². The van der Waals surface area contributed by atoms with Crippen LogP contribution in [0.5, 0.6) is 0 Å². The van der Waals surface area contributed by atoms with Gasteiger partial charge in [0, 0.05) is 17.9 Å². The second-order valence-electron chi connectivity index (χ2n) is 7.17. The maximum absolute atomic E-state index is 9.74. The number of nitriles is 1. The van der Waals surface area contributed by atoms with Crippen molar-refractivity contribution in [3.05, 3.63) is 88.5 Å². The zero-order valence-electron chi connectivity index (χ0n) is 16.3. The fourth-order valence-corrected chi connectivity index (χ4v) is 3.54. The van der Waals surface area contributed by atoms with Gasteiger partial charge in [0.05, 0.1) is 16.6 Å². The van der Waals surface area contributed by atoms with Crippen LogP contribution in [-0.4, -0.2) is 14.5 Å². The molecule has 4 nitrogen and oxygen atoms in total. The van der Waals surface area contributed by atoms with Crippen molar-refractivity contribution in [2.24, 2.45) is 0 Å². The van der Waals surface area contributed by atoms with Gasteiger partial charge in [-0.05, 0) is 61.7 Å². The topological polar surface area (TPSA) is 57.4 Å². The summed E-state index contributed by atoms with van der Waals surface area (Å²) in [5.41, 5.74) is 8.13. The van der Waals surface area contributed by atoms with E-state index < -0.39 is 0 Å². The minimum Gasteiger partial charge on any atom is -0.344 e. The number of hydrogen-bond acceptors (Lipinski definition) is 2. The first-order valence-corrected chi connectivity index (χ1v) is 9.34. The summed E-state index contributed by atoms with van der Waals surface area (Å²) in [6.45, 7) is 7.06. The molecule has 0 bridgehead atoms. The molecule has 2 heterocycles. The van der Waals surface area contributed by atoms with Crippen molar-refractivity contribution in [1.29, 1.82) is 5.26 Å². The molecular formula is C24H22N4. The normalized spacial score (nSPS) is 11.7. The van der Waals surface area contributed by atoms with E-state index in [1.807, 2.05) is 37.3 Å². The van der Waals surface area contributed by atoms with Gasteiger partial charge in [0.1, 0.15) is 11.9 Å². The Bertz CT molecular complexity index is 1220. The van der Waals surface area contributed by atoms with E-state index in [4.69, 9.17) is 0 Å². The number of rotatable bonds is 4. The van der Waals surface area contributed by atoms with Gasteiger partial charge in [-0.15, -0.1) is 0 Å². The highest BCUT2D eigenvalue weighted by molar-refractivity contribution is 5.90. The highest BCUT2D eigenvalue weighted by Crippen LogP contribution is 2.24. The van der Waals surface area contributed by atoms with Crippen molar-refractivity contribution < 1.29 is 0 Å². The Balaban J connectivity index is 1.72. The Morgan fingerprint density at radius 3 is 2.64 bits per heavy atom. The molecule has 1 N–H and O–H groups in total. The van der Waals surface area contributed by atoms with E-state index in [0.29, 0.717) is 11.4 Å². The van der Waals surface area contributed by atoms with Gasteiger partial charge in [-0.1, -0.05) is 36.4 Å². The van der Waals surface area contributed by atoms with Crippen LogP contribution in [0.4, 0.5) is 0 Å². The van der Waals surface area contributed by atoms with Gasteiger partial charge < -0.3 is 9.55 Å². The van der Waals surface area contributed by atoms with E-state index in [-0.39, 0.29) is 0 Å². The van der Waals surface area contributed by atoms with Crippen LogP contribution in [0.15, 0.2) is 54.6 Å². The molecule has 0 spiro atoms. The molecule has 0 aliphatic rings. The van der Waals surface area contributed by atoms with Crippen LogP contribution in [0.2, 0.25) is 0 Å². The maximum Gasteiger partial charge on any atom is 0.149 e. The third kappa shape index (κ3) is 3.35. The summed E-state index contributed by atoms with van der Waals surface area (Å²) in [5.74, 6) is 0.607. The SMILES string of the molecule is Cc1ccc2nc(/C(C#N)=C/c3cc(C)n(Cc4ccccc4)c3C)[nH]c2c1.